The van der Waals surface area contributed by atoms with E-state index < -0.39 is 6.04 Å². The number of halogens is 2. The topological polar surface area (TPSA) is 67.9 Å². The molecule has 8 heteroatoms. The maximum Gasteiger partial charge on any atom is 0.242 e. The number of hydrogen-bond acceptors (Lipinski definition) is 4. The van der Waals surface area contributed by atoms with Crippen molar-refractivity contribution in [2.75, 3.05) is 19.8 Å². The average molecular weight is 507 g/mol. The van der Waals surface area contributed by atoms with Crippen LogP contribution in [0.4, 0.5) is 0 Å². The first-order valence-electron chi connectivity index (χ1n) is 11.8. The van der Waals surface area contributed by atoms with Crippen LogP contribution in [0, 0.1) is 0 Å². The van der Waals surface area contributed by atoms with Crippen LogP contribution in [0.2, 0.25) is 10.0 Å². The quantitative estimate of drug-likeness (QED) is 0.413. The Hall–Kier alpha value is -2.44. The zero-order valence-electron chi connectivity index (χ0n) is 19.7. The lowest BCUT2D eigenvalue weighted by Crippen LogP contribution is -2.49. The highest BCUT2D eigenvalue weighted by molar-refractivity contribution is 6.35. The first-order valence-corrected chi connectivity index (χ1v) is 12.6. The number of hydrogen-bond donors (Lipinski definition) is 1. The standard InChI is InChI=1S/C26H32Cl2N2O4/c1-3-5-12-29-26(32)22(4-2)30(17-19-8-9-20(27)16-21(19)28)25(31)11-7-18-6-10-23-24(15-18)34-14-13-33-23/h6,8-10,15-16,22H,3-5,7,11-14,17H2,1-2H3,(H,29,32)/t22-/m1/s1. The highest BCUT2D eigenvalue weighted by Crippen LogP contribution is 2.31. The summed E-state index contributed by atoms with van der Waals surface area (Å²) in [6.07, 6.45) is 3.15. The fourth-order valence-electron chi connectivity index (χ4n) is 3.90. The molecule has 34 heavy (non-hydrogen) atoms. The van der Waals surface area contributed by atoms with Gasteiger partial charge >= 0.3 is 0 Å². The molecule has 3 rings (SSSR count). The van der Waals surface area contributed by atoms with Crippen LogP contribution < -0.4 is 14.8 Å². The second-order valence-electron chi connectivity index (χ2n) is 8.30. The minimum absolute atomic E-state index is 0.113. The van der Waals surface area contributed by atoms with Crippen molar-refractivity contribution < 1.29 is 19.1 Å². The van der Waals surface area contributed by atoms with E-state index in [1.807, 2.05) is 25.1 Å². The highest BCUT2D eigenvalue weighted by Gasteiger charge is 2.29. The Morgan fingerprint density at radius 1 is 1.06 bits per heavy atom. The Kier molecular flexibility index (Phi) is 9.90. The van der Waals surface area contributed by atoms with Gasteiger partial charge in [0.05, 0.1) is 0 Å². The third kappa shape index (κ3) is 7.03. The SMILES string of the molecule is CCCCNC(=O)[C@@H](CC)N(Cc1ccc(Cl)cc1Cl)C(=O)CCc1ccc2c(c1)OCCO2. The molecular weight excluding hydrogens is 475 g/mol. The molecule has 0 bridgehead atoms. The van der Waals surface area contributed by atoms with Gasteiger partial charge in [-0.15, -0.1) is 0 Å². The van der Waals surface area contributed by atoms with Gasteiger partial charge in [0, 0.05) is 29.6 Å². The van der Waals surface area contributed by atoms with E-state index >= 15 is 0 Å². The molecule has 0 unspecified atom stereocenters. The lowest BCUT2D eigenvalue weighted by molar-refractivity contribution is -0.141. The van der Waals surface area contributed by atoms with E-state index in [0.717, 1.165) is 29.7 Å². The molecule has 6 nitrogen and oxygen atoms in total. The summed E-state index contributed by atoms with van der Waals surface area (Å²) in [5.74, 6) is 1.16. The van der Waals surface area contributed by atoms with E-state index in [0.29, 0.717) is 48.4 Å². The Morgan fingerprint density at radius 3 is 2.53 bits per heavy atom. The molecule has 0 saturated carbocycles. The minimum Gasteiger partial charge on any atom is -0.486 e. The molecular formula is C26H32Cl2N2O4. The number of benzene rings is 2. The molecule has 0 radical (unpaired) electrons. The van der Waals surface area contributed by atoms with Crippen molar-refractivity contribution in [1.29, 1.82) is 0 Å². The number of fused-ring (bicyclic) bond motifs is 1. The first kappa shape index (κ1) is 26.2. The third-order valence-corrected chi connectivity index (χ3v) is 6.39. The summed E-state index contributed by atoms with van der Waals surface area (Å²) < 4.78 is 11.2. The van der Waals surface area contributed by atoms with Crippen LogP contribution in [-0.2, 0) is 22.6 Å². The van der Waals surface area contributed by atoms with Gasteiger partial charge in [-0.1, -0.05) is 55.6 Å². The maximum absolute atomic E-state index is 13.4. The summed E-state index contributed by atoms with van der Waals surface area (Å²) in [5.41, 5.74) is 1.72. The van der Waals surface area contributed by atoms with Gasteiger partial charge in [-0.25, -0.2) is 0 Å². The van der Waals surface area contributed by atoms with Crippen LogP contribution in [0.1, 0.15) is 50.7 Å². The average Bonchev–Trinajstić information content (AvgIpc) is 2.83. The summed E-state index contributed by atoms with van der Waals surface area (Å²) in [6.45, 7) is 5.85. The predicted octanol–water partition coefficient (Wildman–Crippen LogP) is 5.42. The molecule has 0 fully saturated rings. The van der Waals surface area contributed by atoms with Crippen molar-refractivity contribution in [3.05, 3.63) is 57.6 Å². The molecule has 1 atom stereocenters. The molecule has 1 aliphatic heterocycles. The molecule has 2 amide bonds. The zero-order chi connectivity index (χ0) is 24.5. The molecule has 184 valence electrons. The smallest absolute Gasteiger partial charge is 0.242 e. The number of rotatable bonds is 11. The van der Waals surface area contributed by atoms with Crippen LogP contribution in [-0.4, -0.2) is 42.5 Å². The van der Waals surface area contributed by atoms with Crippen molar-refractivity contribution in [1.82, 2.24) is 10.2 Å². The van der Waals surface area contributed by atoms with Crippen molar-refractivity contribution in [3.63, 3.8) is 0 Å². The van der Waals surface area contributed by atoms with Gasteiger partial charge < -0.3 is 19.7 Å². The Labute approximate surface area is 211 Å². The number of carbonyl (C=O) groups is 2. The number of nitrogens with zero attached hydrogens (tertiary/aromatic N) is 1. The van der Waals surface area contributed by atoms with Gasteiger partial charge in [0.25, 0.3) is 0 Å². The molecule has 0 saturated heterocycles. The summed E-state index contributed by atoms with van der Waals surface area (Å²) in [4.78, 5) is 28.0. The molecule has 1 N–H and O–H groups in total. The van der Waals surface area contributed by atoms with Gasteiger partial charge in [0.1, 0.15) is 19.3 Å². The van der Waals surface area contributed by atoms with Crippen molar-refractivity contribution in [2.45, 2.75) is 58.5 Å². The monoisotopic (exact) mass is 506 g/mol. The van der Waals surface area contributed by atoms with Crippen LogP contribution in [0.25, 0.3) is 0 Å². The van der Waals surface area contributed by atoms with Gasteiger partial charge in [0.15, 0.2) is 11.5 Å². The van der Waals surface area contributed by atoms with Crippen LogP contribution in [0.15, 0.2) is 36.4 Å². The minimum atomic E-state index is -0.587. The van der Waals surface area contributed by atoms with Gasteiger partial charge in [-0.2, -0.15) is 0 Å². The number of aryl methyl sites for hydroxylation is 1. The van der Waals surface area contributed by atoms with E-state index in [4.69, 9.17) is 32.7 Å². The molecule has 0 aromatic heterocycles. The van der Waals surface area contributed by atoms with Crippen molar-refractivity contribution in [2.24, 2.45) is 0 Å². The van der Waals surface area contributed by atoms with Crippen molar-refractivity contribution in [3.8, 4) is 11.5 Å². The Morgan fingerprint density at radius 2 is 1.82 bits per heavy atom. The molecule has 2 aromatic rings. The summed E-state index contributed by atoms with van der Waals surface area (Å²) in [7, 11) is 0. The number of unbranched alkanes of at least 4 members (excludes halogenated alkanes) is 1. The van der Waals surface area contributed by atoms with E-state index in [9.17, 15) is 9.59 Å². The summed E-state index contributed by atoms with van der Waals surface area (Å²) in [5, 5.41) is 3.96. The zero-order valence-corrected chi connectivity index (χ0v) is 21.3. The largest absolute Gasteiger partial charge is 0.486 e. The Balaban J connectivity index is 1.76. The predicted molar refractivity (Wildman–Crippen MR) is 135 cm³/mol. The number of ether oxygens (including phenoxy) is 2. The van der Waals surface area contributed by atoms with Crippen LogP contribution in [0.5, 0.6) is 11.5 Å². The van der Waals surface area contributed by atoms with E-state index in [1.54, 1.807) is 23.1 Å². The van der Waals surface area contributed by atoms with E-state index in [2.05, 4.69) is 12.2 Å². The van der Waals surface area contributed by atoms with Gasteiger partial charge in [0.2, 0.25) is 11.8 Å². The summed E-state index contributed by atoms with van der Waals surface area (Å²) in [6, 6.07) is 10.3. The van der Waals surface area contributed by atoms with Crippen LogP contribution >= 0.6 is 23.2 Å². The highest BCUT2D eigenvalue weighted by atomic mass is 35.5. The second kappa shape index (κ2) is 12.9. The fourth-order valence-corrected chi connectivity index (χ4v) is 4.37. The first-order chi connectivity index (χ1) is 16.4. The van der Waals surface area contributed by atoms with E-state index in [-0.39, 0.29) is 24.8 Å². The van der Waals surface area contributed by atoms with Crippen LogP contribution in [0.3, 0.4) is 0 Å². The second-order valence-corrected chi connectivity index (χ2v) is 9.15. The fraction of sp³-hybridized carbons (Fsp3) is 0.462. The molecule has 1 heterocycles. The maximum atomic E-state index is 13.4. The summed E-state index contributed by atoms with van der Waals surface area (Å²) >= 11 is 12.4. The third-order valence-electron chi connectivity index (χ3n) is 5.81. The normalized spacial score (nSPS) is 13.3. The van der Waals surface area contributed by atoms with E-state index in [1.165, 1.54) is 0 Å². The van der Waals surface area contributed by atoms with Crippen molar-refractivity contribution >= 4 is 35.0 Å². The molecule has 1 aliphatic rings. The lowest BCUT2D eigenvalue weighted by atomic mass is 10.1. The lowest BCUT2D eigenvalue weighted by Gasteiger charge is -2.31. The molecule has 0 aliphatic carbocycles. The molecule has 2 aromatic carbocycles. The Bertz CT molecular complexity index is 999. The number of amides is 2. The number of nitrogens with one attached hydrogen (secondary N) is 1. The van der Waals surface area contributed by atoms with Gasteiger partial charge in [-0.05, 0) is 54.7 Å². The number of carbonyl (C=O) groups excluding carboxylic acids is 2. The van der Waals surface area contributed by atoms with Gasteiger partial charge in [-0.3, -0.25) is 9.59 Å². The molecule has 0 spiro atoms.